The van der Waals surface area contributed by atoms with Crippen LogP contribution in [0.3, 0.4) is 0 Å². The number of aliphatic hydroxyl groups excluding tert-OH is 1. The molecule has 4 nitrogen and oxygen atoms in total. The molecule has 0 aromatic rings. The van der Waals surface area contributed by atoms with E-state index in [4.69, 9.17) is 14.3 Å². The van der Waals surface area contributed by atoms with E-state index in [1.807, 2.05) is 6.92 Å². The second kappa shape index (κ2) is 6.16. The topological polar surface area (TPSA) is 55.8 Å². The Balaban J connectivity index is 2.92. The zero-order valence-electron chi connectivity index (χ0n) is 13.9. The average molecular weight is 302 g/mol. The third-order valence-electron chi connectivity index (χ3n) is 4.89. The largest absolute Gasteiger partial charge is 0.462 e. The van der Waals surface area contributed by atoms with E-state index in [0.29, 0.717) is 6.42 Å². The molecule has 0 spiro atoms. The van der Waals surface area contributed by atoms with E-state index in [9.17, 15) is 4.79 Å². The van der Waals surface area contributed by atoms with Crippen LogP contribution in [0.4, 0.5) is 0 Å². The van der Waals surface area contributed by atoms with Crippen molar-refractivity contribution in [2.45, 2.75) is 71.4 Å². The van der Waals surface area contributed by atoms with E-state index in [2.05, 4.69) is 40.8 Å². The van der Waals surface area contributed by atoms with Crippen LogP contribution < -0.4 is 0 Å². The highest BCUT2D eigenvalue weighted by molar-refractivity contribution is 6.74. The first-order valence-electron chi connectivity index (χ1n) is 7.50. The van der Waals surface area contributed by atoms with Crippen molar-refractivity contribution >= 4 is 14.3 Å². The number of carbonyl (C=O) groups excluding carboxylic acids is 1. The van der Waals surface area contributed by atoms with Crippen molar-refractivity contribution in [3.63, 3.8) is 0 Å². The maximum Gasteiger partial charge on any atom is 0.311 e. The molecule has 0 bridgehead atoms. The van der Waals surface area contributed by atoms with Crippen LogP contribution in [-0.4, -0.2) is 38.2 Å². The average Bonchev–Trinajstić information content (AvgIpc) is 2.30. The van der Waals surface area contributed by atoms with Gasteiger partial charge in [-0.05, 0) is 25.1 Å². The van der Waals surface area contributed by atoms with Crippen molar-refractivity contribution in [1.29, 1.82) is 0 Å². The number of aliphatic hydroxyl groups is 1. The Morgan fingerprint density at radius 2 is 1.85 bits per heavy atom. The van der Waals surface area contributed by atoms with Gasteiger partial charge in [0.2, 0.25) is 0 Å². The van der Waals surface area contributed by atoms with Gasteiger partial charge in [0.1, 0.15) is 6.10 Å². The zero-order valence-corrected chi connectivity index (χ0v) is 14.9. The monoisotopic (exact) mass is 302 g/mol. The molecule has 0 saturated carbocycles. The molecule has 1 unspecified atom stereocenters. The maximum absolute atomic E-state index is 12.0. The van der Waals surface area contributed by atoms with E-state index < -0.39 is 8.32 Å². The fraction of sp³-hybridized carbons (Fsp3) is 0.933. The third kappa shape index (κ3) is 3.62. The van der Waals surface area contributed by atoms with Crippen molar-refractivity contribution in [3.8, 4) is 0 Å². The first-order chi connectivity index (χ1) is 9.01. The van der Waals surface area contributed by atoms with Crippen molar-refractivity contribution in [2.24, 2.45) is 11.8 Å². The molecule has 0 radical (unpaired) electrons. The number of cyclic esters (lactones) is 1. The minimum absolute atomic E-state index is 0.0312. The van der Waals surface area contributed by atoms with Crippen LogP contribution in [0.2, 0.25) is 18.1 Å². The summed E-state index contributed by atoms with van der Waals surface area (Å²) in [5, 5.41) is 9.22. The summed E-state index contributed by atoms with van der Waals surface area (Å²) >= 11 is 0. The molecule has 1 aliphatic heterocycles. The molecule has 1 rings (SSSR count). The van der Waals surface area contributed by atoms with Crippen LogP contribution in [0.15, 0.2) is 0 Å². The number of hydrogen-bond donors (Lipinski definition) is 1. The van der Waals surface area contributed by atoms with Gasteiger partial charge in [0, 0.05) is 18.9 Å². The van der Waals surface area contributed by atoms with Gasteiger partial charge in [0.05, 0.1) is 12.0 Å². The SMILES string of the molecule is C[C@H]1C(=O)O[C@@H](CCO)[C@@H](C)C1O[Si](C)(C)C(C)(C)C. The van der Waals surface area contributed by atoms with Gasteiger partial charge in [-0.3, -0.25) is 4.79 Å². The molecule has 1 heterocycles. The lowest BCUT2D eigenvalue weighted by Gasteiger charge is -2.46. The molecule has 1 saturated heterocycles. The van der Waals surface area contributed by atoms with Gasteiger partial charge in [-0.2, -0.15) is 0 Å². The van der Waals surface area contributed by atoms with Crippen molar-refractivity contribution in [1.82, 2.24) is 0 Å². The Morgan fingerprint density at radius 3 is 2.30 bits per heavy atom. The normalized spacial score (nSPS) is 32.1. The smallest absolute Gasteiger partial charge is 0.311 e. The summed E-state index contributed by atoms with van der Waals surface area (Å²) in [7, 11) is -1.93. The van der Waals surface area contributed by atoms with Gasteiger partial charge in [-0.1, -0.05) is 27.7 Å². The number of ether oxygens (including phenoxy) is 1. The summed E-state index contributed by atoms with van der Waals surface area (Å²) in [5.74, 6) is -0.330. The molecular weight excluding hydrogens is 272 g/mol. The Bertz CT molecular complexity index is 348. The van der Waals surface area contributed by atoms with Crippen LogP contribution in [0.25, 0.3) is 0 Å². The van der Waals surface area contributed by atoms with Gasteiger partial charge < -0.3 is 14.3 Å². The molecule has 0 aromatic carbocycles. The van der Waals surface area contributed by atoms with Gasteiger partial charge in [-0.25, -0.2) is 0 Å². The van der Waals surface area contributed by atoms with Gasteiger partial charge >= 0.3 is 5.97 Å². The molecule has 1 N–H and O–H groups in total. The molecule has 118 valence electrons. The minimum atomic E-state index is -1.93. The summed E-state index contributed by atoms with van der Waals surface area (Å²) < 4.78 is 11.9. The van der Waals surface area contributed by atoms with Crippen molar-refractivity contribution in [3.05, 3.63) is 0 Å². The lowest BCUT2D eigenvalue weighted by atomic mass is 9.85. The summed E-state index contributed by atoms with van der Waals surface area (Å²) in [4.78, 5) is 12.0. The van der Waals surface area contributed by atoms with Gasteiger partial charge in [0.15, 0.2) is 8.32 Å². The fourth-order valence-corrected chi connectivity index (χ4v) is 3.79. The fourth-order valence-electron chi connectivity index (χ4n) is 2.34. The quantitative estimate of drug-likeness (QED) is 0.641. The van der Waals surface area contributed by atoms with E-state index in [0.717, 1.165) is 0 Å². The van der Waals surface area contributed by atoms with Gasteiger partial charge in [-0.15, -0.1) is 0 Å². The Hall–Kier alpha value is -0.393. The van der Waals surface area contributed by atoms with E-state index in [1.54, 1.807) is 0 Å². The van der Waals surface area contributed by atoms with E-state index >= 15 is 0 Å². The van der Waals surface area contributed by atoms with Crippen LogP contribution in [0, 0.1) is 11.8 Å². The van der Waals surface area contributed by atoms with Crippen LogP contribution >= 0.6 is 0 Å². The first kappa shape index (κ1) is 17.7. The highest BCUT2D eigenvalue weighted by atomic mass is 28.4. The molecule has 0 aliphatic carbocycles. The first-order valence-corrected chi connectivity index (χ1v) is 10.4. The van der Waals surface area contributed by atoms with Crippen LogP contribution in [0.1, 0.15) is 41.0 Å². The minimum Gasteiger partial charge on any atom is -0.462 e. The highest BCUT2D eigenvalue weighted by Crippen LogP contribution is 2.41. The number of carbonyl (C=O) groups is 1. The lowest BCUT2D eigenvalue weighted by Crippen LogP contribution is -2.54. The second-order valence-corrected chi connectivity index (χ2v) is 12.2. The van der Waals surface area contributed by atoms with E-state index in [1.165, 1.54) is 0 Å². The van der Waals surface area contributed by atoms with Crippen LogP contribution in [0.5, 0.6) is 0 Å². The molecule has 20 heavy (non-hydrogen) atoms. The standard InChI is InChI=1S/C15H30O4Si/c1-10-12(8-9-16)18-14(17)11(2)13(10)19-20(6,7)15(3,4)5/h10-13,16H,8-9H2,1-7H3/t10-,11-,12+,13?/m1/s1. The molecule has 1 aliphatic rings. The Labute approximate surface area is 124 Å². The summed E-state index contributed by atoms with van der Waals surface area (Å²) in [5.41, 5.74) is 0. The maximum atomic E-state index is 12.0. The second-order valence-electron chi connectivity index (χ2n) is 7.48. The number of esters is 1. The summed E-state index contributed by atoms with van der Waals surface area (Å²) in [6, 6.07) is 0. The molecule has 0 aromatic heterocycles. The Morgan fingerprint density at radius 1 is 1.30 bits per heavy atom. The molecule has 5 heteroatoms. The molecular formula is C15H30O4Si. The number of hydrogen-bond acceptors (Lipinski definition) is 4. The van der Waals surface area contributed by atoms with Crippen molar-refractivity contribution in [2.75, 3.05) is 6.61 Å². The predicted molar refractivity (Wildman–Crippen MR) is 82.0 cm³/mol. The molecule has 4 atom stereocenters. The number of rotatable bonds is 4. The summed E-state index contributed by atoms with van der Waals surface area (Å²) in [6.07, 6.45) is 0.129. The van der Waals surface area contributed by atoms with E-state index in [-0.39, 0.29) is 41.7 Å². The zero-order chi connectivity index (χ0) is 15.7. The van der Waals surface area contributed by atoms with Crippen molar-refractivity contribution < 1.29 is 19.1 Å². The van der Waals surface area contributed by atoms with Gasteiger partial charge in [0.25, 0.3) is 0 Å². The molecule has 0 amide bonds. The lowest BCUT2D eigenvalue weighted by molar-refractivity contribution is -0.177. The van der Waals surface area contributed by atoms with Crippen LogP contribution in [-0.2, 0) is 14.0 Å². The molecule has 1 fully saturated rings. The summed E-state index contributed by atoms with van der Waals surface area (Å²) in [6.45, 7) is 15.0. The highest BCUT2D eigenvalue weighted by Gasteiger charge is 2.47. The Kier molecular flexibility index (Phi) is 5.44. The predicted octanol–water partition coefficient (Wildman–Crippen LogP) is 2.96. The third-order valence-corrected chi connectivity index (χ3v) is 9.36.